The van der Waals surface area contributed by atoms with Crippen molar-refractivity contribution in [2.75, 3.05) is 19.7 Å². The summed E-state index contributed by atoms with van der Waals surface area (Å²) < 4.78 is 5.70. The summed E-state index contributed by atoms with van der Waals surface area (Å²) in [6.45, 7) is 6.77. The molecule has 1 atom stereocenters. The van der Waals surface area contributed by atoms with Crippen LogP contribution in [0.4, 0.5) is 0 Å². The van der Waals surface area contributed by atoms with Gasteiger partial charge in [0, 0.05) is 19.6 Å². The van der Waals surface area contributed by atoms with Crippen molar-refractivity contribution in [3.05, 3.63) is 29.8 Å². The quantitative estimate of drug-likeness (QED) is 0.759. The highest BCUT2D eigenvalue weighted by molar-refractivity contribution is 5.86. The van der Waals surface area contributed by atoms with Crippen LogP contribution in [0.2, 0.25) is 0 Å². The van der Waals surface area contributed by atoms with Gasteiger partial charge in [-0.05, 0) is 30.0 Å². The molecule has 1 aliphatic rings. The molecule has 0 aromatic heterocycles. The minimum atomic E-state index is -0.962. The highest BCUT2D eigenvalue weighted by Crippen LogP contribution is 2.17. The number of carboxylic acids is 1. The van der Waals surface area contributed by atoms with Crippen LogP contribution in [0.1, 0.15) is 32.3 Å². The molecule has 2 rings (SSSR count). The molecule has 1 aromatic rings. The molecular formula is C18H26N2O4. The monoisotopic (exact) mass is 334 g/mol. The topological polar surface area (TPSA) is 78.9 Å². The normalized spacial score (nSPS) is 18.5. The average Bonchev–Trinajstić information content (AvgIpc) is 2.52. The highest BCUT2D eigenvalue weighted by atomic mass is 16.5. The van der Waals surface area contributed by atoms with Gasteiger partial charge in [-0.3, -0.25) is 14.5 Å². The third kappa shape index (κ3) is 5.53. The van der Waals surface area contributed by atoms with Crippen LogP contribution in [0.25, 0.3) is 0 Å². The van der Waals surface area contributed by atoms with Crippen molar-refractivity contribution in [3.63, 3.8) is 0 Å². The number of carboxylic acid groups (broad SMARTS) is 1. The van der Waals surface area contributed by atoms with Gasteiger partial charge in [-0.25, -0.2) is 0 Å². The number of nitrogens with one attached hydrogen (secondary N) is 1. The zero-order valence-corrected chi connectivity index (χ0v) is 14.3. The van der Waals surface area contributed by atoms with Gasteiger partial charge in [0.25, 0.3) is 0 Å². The molecule has 0 spiro atoms. The largest absolute Gasteiger partial charge is 0.494 e. The van der Waals surface area contributed by atoms with Crippen molar-refractivity contribution in [3.8, 4) is 5.75 Å². The molecule has 2 N–H and O–H groups in total. The Morgan fingerprint density at radius 1 is 1.38 bits per heavy atom. The fourth-order valence-electron chi connectivity index (χ4n) is 2.68. The summed E-state index contributed by atoms with van der Waals surface area (Å²) in [4.78, 5) is 24.8. The molecule has 6 heteroatoms. The molecule has 0 aliphatic carbocycles. The molecule has 0 bridgehead atoms. The Morgan fingerprint density at radius 2 is 2.08 bits per heavy atom. The van der Waals surface area contributed by atoms with E-state index in [0.29, 0.717) is 32.2 Å². The van der Waals surface area contributed by atoms with E-state index in [1.54, 1.807) is 0 Å². The van der Waals surface area contributed by atoms with Crippen molar-refractivity contribution < 1.29 is 19.4 Å². The number of nitrogens with zero attached hydrogens (tertiary/aromatic N) is 1. The van der Waals surface area contributed by atoms with Crippen molar-refractivity contribution in [1.29, 1.82) is 0 Å². The maximum atomic E-state index is 11.9. The van der Waals surface area contributed by atoms with Gasteiger partial charge in [0.15, 0.2) is 0 Å². The van der Waals surface area contributed by atoms with E-state index >= 15 is 0 Å². The summed E-state index contributed by atoms with van der Waals surface area (Å²) in [6, 6.07) is 7.17. The van der Waals surface area contributed by atoms with E-state index in [1.165, 1.54) is 0 Å². The van der Waals surface area contributed by atoms with E-state index in [1.807, 2.05) is 29.2 Å². The Morgan fingerprint density at radius 3 is 2.71 bits per heavy atom. The number of amides is 1. The number of benzene rings is 1. The third-order valence-electron chi connectivity index (χ3n) is 4.08. The zero-order chi connectivity index (χ0) is 17.5. The predicted molar refractivity (Wildman–Crippen MR) is 90.9 cm³/mol. The maximum absolute atomic E-state index is 11.9. The van der Waals surface area contributed by atoms with E-state index < -0.39 is 12.0 Å². The fourth-order valence-corrected chi connectivity index (χ4v) is 2.68. The van der Waals surface area contributed by atoms with Crippen LogP contribution in [-0.2, 0) is 16.1 Å². The SMILES string of the molecule is CC(C)CCOc1ccc(CN2CCNC(=O)C2CC(=O)O)cc1. The van der Waals surface area contributed by atoms with Gasteiger partial charge in [-0.15, -0.1) is 0 Å². The van der Waals surface area contributed by atoms with Crippen LogP contribution in [0, 0.1) is 5.92 Å². The molecule has 132 valence electrons. The lowest BCUT2D eigenvalue weighted by molar-refractivity contribution is -0.143. The molecular weight excluding hydrogens is 308 g/mol. The van der Waals surface area contributed by atoms with Crippen LogP contribution in [0.5, 0.6) is 5.75 Å². The molecule has 6 nitrogen and oxygen atoms in total. The standard InChI is InChI=1S/C18H26N2O4/c1-13(2)7-10-24-15-5-3-14(4-6-15)12-20-9-8-19-18(23)16(20)11-17(21)22/h3-6,13,16H,7-12H2,1-2H3,(H,19,23)(H,21,22). The zero-order valence-electron chi connectivity index (χ0n) is 14.3. The molecule has 0 saturated carbocycles. The smallest absolute Gasteiger partial charge is 0.305 e. The molecule has 1 fully saturated rings. The average molecular weight is 334 g/mol. The van der Waals surface area contributed by atoms with Crippen molar-refractivity contribution in [2.45, 2.75) is 39.3 Å². The highest BCUT2D eigenvalue weighted by Gasteiger charge is 2.31. The van der Waals surface area contributed by atoms with E-state index in [9.17, 15) is 9.59 Å². The second-order valence-electron chi connectivity index (χ2n) is 6.55. The van der Waals surface area contributed by atoms with Gasteiger partial charge in [0.2, 0.25) is 5.91 Å². The van der Waals surface area contributed by atoms with E-state index in [4.69, 9.17) is 9.84 Å². The van der Waals surface area contributed by atoms with Gasteiger partial charge < -0.3 is 15.2 Å². The summed E-state index contributed by atoms with van der Waals surface area (Å²) in [5, 5.41) is 11.7. The number of carbonyl (C=O) groups excluding carboxylic acids is 1. The lowest BCUT2D eigenvalue weighted by Gasteiger charge is -2.34. The van der Waals surface area contributed by atoms with Gasteiger partial charge in [0.05, 0.1) is 13.0 Å². The first-order chi connectivity index (χ1) is 11.5. The third-order valence-corrected chi connectivity index (χ3v) is 4.08. The molecule has 1 aliphatic heterocycles. The van der Waals surface area contributed by atoms with Gasteiger partial charge in [-0.2, -0.15) is 0 Å². The maximum Gasteiger partial charge on any atom is 0.305 e. The number of hydrogen-bond donors (Lipinski definition) is 2. The molecule has 1 unspecified atom stereocenters. The second kappa shape index (κ2) is 8.68. The molecule has 1 saturated heterocycles. The first kappa shape index (κ1) is 18.3. The Bertz CT molecular complexity index is 557. The van der Waals surface area contributed by atoms with Crippen LogP contribution >= 0.6 is 0 Å². The van der Waals surface area contributed by atoms with E-state index in [2.05, 4.69) is 19.2 Å². The van der Waals surface area contributed by atoms with Crippen molar-refractivity contribution in [1.82, 2.24) is 10.2 Å². The number of rotatable bonds is 8. The number of piperazine rings is 1. The molecule has 0 radical (unpaired) electrons. The Labute approximate surface area is 142 Å². The van der Waals surface area contributed by atoms with Crippen molar-refractivity contribution in [2.24, 2.45) is 5.92 Å². The number of aliphatic carboxylic acids is 1. The minimum Gasteiger partial charge on any atom is -0.494 e. The summed E-state index contributed by atoms with van der Waals surface area (Å²) in [7, 11) is 0. The van der Waals surface area contributed by atoms with Crippen LogP contribution in [-0.4, -0.2) is 47.6 Å². The number of ether oxygens (including phenoxy) is 1. The van der Waals surface area contributed by atoms with Gasteiger partial charge in [-0.1, -0.05) is 26.0 Å². The lowest BCUT2D eigenvalue weighted by Crippen LogP contribution is -2.55. The van der Waals surface area contributed by atoms with Crippen LogP contribution in [0.15, 0.2) is 24.3 Å². The molecule has 1 amide bonds. The first-order valence-corrected chi connectivity index (χ1v) is 8.41. The second-order valence-corrected chi connectivity index (χ2v) is 6.55. The van der Waals surface area contributed by atoms with E-state index in [0.717, 1.165) is 17.7 Å². The summed E-state index contributed by atoms with van der Waals surface area (Å²) >= 11 is 0. The first-order valence-electron chi connectivity index (χ1n) is 8.41. The Kier molecular flexibility index (Phi) is 6.61. The number of hydrogen-bond acceptors (Lipinski definition) is 4. The molecule has 24 heavy (non-hydrogen) atoms. The predicted octanol–water partition coefficient (Wildman–Crippen LogP) is 1.89. The van der Waals surface area contributed by atoms with Gasteiger partial charge in [0.1, 0.15) is 11.8 Å². The summed E-state index contributed by atoms with van der Waals surface area (Å²) in [5.41, 5.74) is 1.04. The van der Waals surface area contributed by atoms with Crippen molar-refractivity contribution >= 4 is 11.9 Å². The Hall–Kier alpha value is -2.08. The minimum absolute atomic E-state index is 0.178. The molecule has 1 heterocycles. The fraction of sp³-hybridized carbons (Fsp3) is 0.556. The number of carbonyl (C=O) groups is 2. The molecule has 1 aromatic carbocycles. The summed E-state index contributed by atoms with van der Waals surface area (Å²) in [6.07, 6.45) is 0.837. The van der Waals surface area contributed by atoms with E-state index in [-0.39, 0.29) is 12.3 Å². The van der Waals surface area contributed by atoms with Gasteiger partial charge >= 0.3 is 5.97 Å². The van der Waals surface area contributed by atoms with Crippen LogP contribution in [0.3, 0.4) is 0 Å². The van der Waals surface area contributed by atoms with Crippen LogP contribution < -0.4 is 10.1 Å². The lowest BCUT2D eigenvalue weighted by atomic mass is 10.1. The summed E-state index contributed by atoms with van der Waals surface area (Å²) in [5.74, 6) is 0.270. The Balaban J connectivity index is 1.93.